The summed E-state index contributed by atoms with van der Waals surface area (Å²) in [5.74, 6) is 0. The fourth-order valence-corrected chi connectivity index (χ4v) is 1.68. The first-order chi connectivity index (χ1) is 7.01. The van der Waals surface area contributed by atoms with Gasteiger partial charge in [-0.2, -0.15) is 0 Å². The Morgan fingerprint density at radius 2 is 1.40 bits per heavy atom. The third-order valence-electron chi connectivity index (χ3n) is 4.29. The van der Waals surface area contributed by atoms with Crippen LogP contribution in [0.1, 0.15) is 60.3 Å². The van der Waals surface area contributed by atoms with Gasteiger partial charge < -0.3 is 10.4 Å². The minimum absolute atomic E-state index is 0.0750. The largest absolute Gasteiger partial charge is 0.396 e. The smallest absolute Gasteiger partial charge is 0.0499 e. The lowest BCUT2D eigenvalue weighted by Gasteiger charge is -2.36. The highest BCUT2D eigenvalue weighted by atomic mass is 16.3. The topological polar surface area (TPSA) is 32.3 Å². The van der Waals surface area contributed by atoms with Gasteiger partial charge >= 0.3 is 0 Å². The first kappa shape index (κ1) is 14.9. The summed E-state index contributed by atoms with van der Waals surface area (Å²) in [6.45, 7) is 12.2. The van der Waals surface area contributed by atoms with E-state index < -0.39 is 0 Å². The molecule has 2 nitrogen and oxygen atoms in total. The van der Waals surface area contributed by atoms with Crippen molar-refractivity contribution in [1.82, 2.24) is 5.32 Å². The number of nitrogens with one attached hydrogen (secondary N) is 1. The Morgan fingerprint density at radius 1 is 0.933 bits per heavy atom. The molecule has 0 aromatic rings. The van der Waals surface area contributed by atoms with E-state index in [1.54, 1.807) is 0 Å². The highest BCUT2D eigenvalue weighted by Crippen LogP contribution is 2.26. The molecule has 0 amide bonds. The van der Waals surface area contributed by atoms with Crippen molar-refractivity contribution >= 4 is 0 Å². The minimum Gasteiger partial charge on any atom is -0.396 e. The summed E-state index contributed by atoms with van der Waals surface area (Å²) in [6, 6.07) is 0. The Hall–Kier alpha value is -0.0800. The summed E-state index contributed by atoms with van der Waals surface area (Å²) < 4.78 is 0. The molecule has 0 bridgehead atoms. The third-order valence-corrected chi connectivity index (χ3v) is 4.29. The van der Waals surface area contributed by atoms with E-state index in [9.17, 15) is 5.11 Å². The summed E-state index contributed by atoms with van der Waals surface area (Å²) >= 11 is 0. The van der Waals surface area contributed by atoms with Crippen LogP contribution in [0, 0.1) is 5.41 Å². The lowest BCUT2D eigenvalue weighted by atomic mass is 9.82. The number of rotatable bonds is 8. The van der Waals surface area contributed by atoms with Crippen molar-refractivity contribution in [3.8, 4) is 0 Å². The van der Waals surface area contributed by atoms with Gasteiger partial charge in [-0.05, 0) is 32.6 Å². The van der Waals surface area contributed by atoms with Crippen molar-refractivity contribution in [3.63, 3.8) is 0 Å². The van der Waals surface area contributed by atoms with Crippen molar-refractivity contribution in [2.24, 2.45) is 5.41 Å². The van der Waals surface area contributed by atoms with Gasteiger partial charge in [0.05, 0.1) is 0 Å². The molecular weight excluding hydrogens is 186 g/mol. The maximum absolute atomic E-state index is 9.48. The van der Waals surface area contributed by atoms with E-state index in [1.165, 1.54) is 0 Å². The van der Waals surface area contributed by atoms with Gasteiger partial charge in [-0.15, -0.1) is 0 Å². The molecule has 92 valence electrons. The van der Waals surface area contributed by atoms with E-state index in [0.29, 0.717) is 0 Å². The average Bonchev–Trinajstić information content (AvgIpc) is 2.31. The summed E-state index contributed by atoms with van der Waals surface area (Å²) in [6.07, 6.45) is 4.35. The number of hydrogen-bond donors (Lipinski definition) is 2. The Bertz CT molecular complexity index is 152. The molecule has 0 aromatic heterocycles. The van der Waals surface area contributed by atoms with Crippen LogP contribution < -0.4 is 5.32 Å². The molecule has 0 unspecified atom stereocenters. The maximum atomic E-state index is 9.48. The van der Waals surface area contributed by atoms with Gasteiger partial charge in [0, 0.05) is 24.1 Å². The van der Waals surface area contributed by atoms with Crippen molar-refractivity contribution in [1.29, 1.82) is 0 Å². The molecule has 0 aliphatic rings. The van der Waals surface area contributed by atoms with Crippen LogP contribution in [0.25, 0.3) is 0 Å². The van der Waals surface area contributed by atoms with Crippen molar-refractivity contribution in [2.45, 2.75) is 65.8 Å². The van der Waals surface area contributed by atoms with Crippen LogP contribution in [-0.4, -0.2) is 23.8 Å². The summed E-state index contributed by atoms with van der Waals surface area (Å²) in [5, 5.41) is 13.1. The molecule has 0 aromatic carbocycles. The molecule has 0 rings (SSSR count). The van der Waals surface area contributed by atoms with Crippen molar-refractivity contribution in [3.05, 3.63) is 0 Å². The second kappa shape index (κ2) is 6.49. The second-order valence-corrected chi connectivity index (χ2v) is 4.99. The zero-order valence-corrected chi connectivity index (χ0v) is 11.2. The van der Waals surface area contributed by atoms with Crippen LogP contribution in [0.2, 0.25) is 0 Å². The predicted octanol–water partition coefficient (Wildman–Crippen LogP) is 2.95. The first-order valence-electron chi connectivity index (χ1n) is 6.37. The summed E-state index contributed by atoms with van der Waals surface area (Å²) in [5.41, 5.74) is 0.302. The van der Waals surface area contributed by atoms with Crippen LogP contribution in [-0.2, 0) is 0 Å². The van der Waals surface area contributed by atoms with Gasteiger partial charge in [0.15, 0.2) is 0 Å². The maximum Gasteiger partial charge on any atom is 0.0499 e. The fourth-order valence-electron chi connectivity index (χ4n) is 1.68. The molecule has 2 N–H and O–H groups in total. The normalized spacial score (nSPS) is 13.2. The van der Waals surface area contributed by atoms with E-state index in [2.05, 4.69) is 39.9 Å². The molecule has 0 saturated carbocycles. The molecule has 15 heavy (non-hydrogen) atoms. The molecule has 0 heterocycles. The van der Waals surface area contributed by atoms with Gasteiger partial charge in [-0.1, -0.05) is 27.7 Å². The fraction of sp³-hybridized carbons (Fsp3) is 1.00. The zero-order valence-electron chi connectivity index (χ0n) is 11.2. The van der Waals surface area contributed by atoms with Crippen molar-refractivity contribution in [2.75, 3.05) is 13.2 Å². The SMILES string of the molecule is CCC(CC)(CO)CNC(C)(CC)CC. The van der Waals surface area contributed by atoms with Gasteiger partial charge in [0.25, 0.3) is 0 Å². The lowest BCUT2D eigenvalue weighted by Crippen LogP contribution is -2.48. The molecule has 0 spiro atoms. The third kappa shape index (κ3) is 4.12. The monoisotopic (exact) mass is 215 g/mol. The second-order valence-electron chi connectivity index (χ2n) is 4.99. The van der Waals surface area contributed by atoms with Crippen LogP contribution >= 0.6 is 0 Å². The highest BCUT2D eigenvalue weighted by Gasteiger charge is 2.28. The molecule has 0 fully saturated rings. The summed E-state index contributed by atoms with van der Waals surface area (Å²) in [7, 11) is 0. The van der Waals surface area contributed by atoms with E-state index in [-0.39, 0.29) is 17.6 Å². The Morgan fingerprint density at radius 3 is 1.67 bits per heavy atom. The molecule has 0 saturated heterocycles. The Kier molecular flexibility index (Phi) is 6.46. The van der Waals surface area contributed by atoms with Crippen LogP contribution in [0.3, 0.4) is 0 Å². The zero-order chi connectivity index (χ0) is 11.9. The van der Waals surface area contributed by atoms with E-state index in [0.717, 1.165) is 32.2 Å². The van der Waals surface area contributed by atoms with Gasteiger partial charge in [-0.3, -0.25) is 0 Å². The predicted molar refractivity (Wildman–Crippen MR) is 67.1 cm³/mol. The highest BCUT2D eigenvalue weighted by molar-refractivity contribution is 4.86. The molecule has 0 aliphatic carbocycles. The number of aliphatic hydroxyl groups excluding tert-OH is 1. The van der Waals surface area contributed by atoms with Crippen LogP contribution in [0.4, 0.5) is 0 Å². The number of aliphatic hydroxyl groups is 1. The quantitative estimate of drug-likeness (QED) is 0.652. The number of hydrogen-bond acceptors (Lipinski definition) is 2. The Labute approximate surface area is 95.5 Å². The average molecular weight is 215 g/mol. The Balaban J connectivity index is 4.32. The van der Waals surface area contributed by atoms with E-state index >= 15 is 0 Å². The molecular formula is C13H29NO. The first-order valence-corrected chi connectivity index (χ1v) is 6.37. The van der Waals surface area contributed by atoms with E-state index in [4.69, 9.17) is 0 Å². The van der Waals surface area contributed by atoms with E-state index in [1.807, 2.05) is 0 Å². The van der Waals surface area contributed by atoms with Gasteiger partial charge in [0.1, 0.15) is 0 Å². The molecule has 0 aliphatic heterocycles. The van der Waals surface area contributed by atoms with Gasteiger partial charge in [0.2, 0.25) is 0 Å². The molecule has 0 atom stereocenters. The van der Waals surface area contributed by atoms with Gasteiger partial charge in [-0.25, -0.2) is 0 Å². The van der Waals surface area contributed by atoms with Crippen molar-refractivity contribution < 1.29 is 5.11 Å². The molecule has 2 heteroatoms. The standard InChI is InChI=1S/C13H29NO/c1-6-12(5,7-2)14-10-13(8-3,9-4)11-15/h14-15H,6-11H2,1-5H3. The lowest BCUT2D eigenvalue weighted by molar-refractivity contribution is 0.101. The summed E-state index contributed by atoms with van der Waals surface area (Å²) in [4.78, 5) is 0. The minimum atomic E-state index is 0.0750. The molecule has 0 radical (unpaired) electrons. The van der Waals surface area contributed by atoms with Crippen LogP contribution in [0.5, 0.6) is 0 Å². The van der Waals surface area contributed by atoms with Crippen LogP contribution in [0.15, 0.2) is 0 Å².